The molecule has 1 saturated heterocycles. The third kappa shape index (κ3) is 4.24. The summed E-state index contributed by atoms with van der Waals surface area (Å²) in [6.07, 6.45) is 10.1. The second-order valence-corrected chi connectivity index (χ2v) is 8.40. The Balaban J connectivity index is 1.40. The third-order valence-corrected chi connectivity index (χ3v) is 5.98. The lowest BCUT2D eigenvalue weighted by Crippen LogP contribution is -2.32. The number of likely N-dealkylation sites (tertiary alicyclic amines) is 1. The molecule has 1 aromatic carbocycles. The van der Waals surface area contributed by atoms with E-state index in [-0.39, 0.29) is 11.9 Å². The zero-order chi connectivity index (χ0) is 20.2. The number of carbonyl (C=O) groups is 1. The van der Waals surface area contributed by atoms with E-state index in [1.54, 1.807) is 0 Å². The van der Waals surface area contributed by atoms with Gasteiger partial charge in [0.15, 0.2) is 0 Å². The molecule has 1 aliphatic rings. The fraction of sp³-hybridized carbons (Fsp3) is 0.500. The van der Waals surface area contributed by atoms with Crippen molar-refractivity contribution in [3.05, 3.63) is 54.6 Å². The summed E-state index contributed by atoms with van der Waals surface area (Å²) in [5, 5.41) is 0. The lowest BCUT2D eigenvalue weighted by Gasteiger charge is -2.26. The van der Waals surface area contributed by atoms with E-state index >= 15 is 0 Å². The number of imidazole rings is 1. The number of rotatable bonds is 8. The van der Waals surface area contributed by atoms with Gasteiger partial charge in [-0.25, -0.2) is 4.98 Å². The number of benzene rings is 1. The van der Waals surface area contributed by atoms with Crippen molar-refractivity contribution in [3.8, 4) is 0 Å². The van der Waals surface area contributed by atoms with Crippen LogP contribution < -0.4 is 0 Å². The summed E-state index contributed by atoms with van der Waals surface area (Å²) in [6, 6.07) is 12.9. The first-order chi connectivity index (χ1) is 14.1. The lowest BCUT2D eigenvalue weighted by molar-refractivity contribution is -0.132. The number of amides is 1. The van der Waals surface area contributed by atoms with Gasteiger partial charge in [-0.05, 0) is 63.8 Å². The summed E-state index contributed by atoms with van der Waals surface area (Å²) in [5.74, 6) is 1.34. The molecule has 0 spiro atoms. The standard InChI is InChI=1S/C24H32N4O/c1-19(2)28-21-12-6-5-11-20(21)25-24(28)22-13-10-18-27(22)23(29)14-4-3-7-15-26-16-8-9-17-26/h5-6,8-9,11-12,16-17,19,22H,3-4,7,10,13-15,18H2,1-2H3. The van der Waals surface area contributed by atoms with Crippen LogP contribution in [0.15, 0.2) is 48.8 Å². The molecule has 3 aromatic rings. The van der Waals surface area contributed by atoms with Gasteiger partial charge in [-0.1, -0.05) is 18.6 Å². The minimum Gasteiger partial charge on any atom is -0.354 e. The summed E-state index contributed by atoms with van der Waals surface area (Å²) in [5.41, 5.74) is 2.20. The van der Waals surface area contributed by atoms with Gasteiger partial charge < -0.3 is 14.0 Å². The van der Waals surface area contributed by atoms with Crippen LogP contribution >= 0.6 is 0 Å². The van der Waals surface area contributed by atoms with Crippen molar-refractivity contribution in [1.82, 2.24) is 19.0 Å². The normalized spacial score (nSPS) is 16.9. The smallest absolute Gasteiger partial charge is 0.223 e. The first-order valence-electron chi connectivity index (χ1n) is 11.0. The molecule has 1 aliphatic heterocycles. The molecule has 29 heavy (non-hydrogen) atoms. The number of para-hydroxylation sites is 2. The van der Waals surface area contributed by atoms with Crippen molar-refractivity contribution in [1.29, 1.82) is 0 Å². The Hall–Kier alpha value is -2.56. The van der Waals surface area contributed by atoms with E-state index in [4.69, 9.17) is 4.98 Å². The number of carbonyl (C=O) groups excluding carboxylic acids is 1. The topological polar surface area (TPSA) is 43.1 Å². The summed E-state index contributed by atoms with van der Waals surface area (Å²) in [6.45, 7) is 6.28. The largest absolute Gasteiger partial charge is 0.354 e. The van der Waals surface area contributed by atoms with Crippen LogP contribution in [0, 0.1) is 0 Å². The second-order valence-electron chi connectivity index (χ2n) is 8.40. The van der Waals surface area contributed by atoms with Gasteiger partial charge in [0.1, 0.15) is 5.82 Å². The van der Waals surface area contributed by atoms with Crippen LogP contribution in [0.2, 0.25) is 0 Å². The minimum atomic E-state index is 0.108. The summed E-state index contributed by atoms with van der Waals surface area (Å²) in [7, 11) is 0. The van der Waals surface area contributed by atoms with Crippen LogP contribution in [0.25, 0.3) is 11.0 Å². The monoisotopic (exact) mass is 392 g/mol. The Morgan fingerprint density at radius 3 is 2.69 bits per heavy atom. The lowest BCUT2D eigenvalue weighted by atomic mass is 10.1. The summed E-state index contributed by atoms with van der Waals surface area (Å²) in [4.78, 5) is 20.0. The van der Waals surface area contributed by atoms with E-state index in [2.05, 4.69) is 70.6 Å². The number of hydrogen-bond acceptors (Lipinski definition) is 2. The van der Waals surface area contributed by atoms with Crippen LogP contribution in [0.1, 0.15) is 70.3 Å². The molecule has 0 bridgehead atoms. The van der Waals surface area contributed by atoms with Crippen molar-refractivity contribution in [2.24, 2.45) is 0 Å². The molecule has 0 aliphatic carbocycles. The predicted molar refractivity (Wildman–Crippen MR) is 117 cm³/mol. The van der Waals surface area contributed by atoms with Gasteiger partial charge >= 0.3 is 0 Å². The van der Waals surface area contributed by atoms with Crippen molar-refractivity contribution in [3.63, 3.8) is 0 Å². The number of aryl methyl sites for hydroxylation is 1. The van der Waals surface area contributed by atoms with Crippen LogP contribution in [0.4, 0.5) is 0 Å². The van der Waals surface area contributed by atoms with Crippen molar-refractivity contribution >= 4 is 16.9 Å². The Kier molecular flexibility index (Phi) is 6.02. The van der Waals surface area contributed by atoms with E-state index in [9.17, 15) is 4.79 Å². The van der Waals surface area contributed by atoms with Gasteiger partial charge in [0.25, 0.3) is 0 Å². The van der Waals surface area contributed by atoms with Gasteiger partial charge in [0.2, 0.25) is 5.91 Å². The van der Waals surface area contributed by atoms with Crippen LogP contribution in [0.5, 0.6) is 0 Å². The average Bonchev–Trinajstić information content (AvgIpc) is 3.45. The zero-order valence-corrected chi connectivity index (χ0v) is 17.6. The summed E-state index contributed by atoms with van der Waals surface area (Å²) >= 11 is 0. The van der Waals surface area contributed by atoms with E-state index < -0.39 is 0 Å². The van der Waals surface area contributed by atoms with Gasteiger partial charge in [-0.15, -0.1) is 0 Å². The van der Waals surface area contributed by atoms with Gasteiger partial charge in [0, 0.05) is 37.9 Å². The molecule has 2 aromatic heterocycles. The molecule has 0 radical (unpaired) electrons. The molecule has 154 valence electrons. The fourth-order valence-electron chi connectivity index (χ4n) is 4.58. The highest BCUT2D eigenvalue weighted by Crippen LogP contribution is 2.35. The van der Waals surface area contributed by atoms with Gasteiger partial charge in [0.05, 0.1) is 17.1 Å². The maximum absolute atomic E-state index is 13.0. The molecule has 1 fully saturated rings. The molecule has 1 unspecified atom stereocenters. The Morgan fingerprint density at radius 1 is 1.10 bits per heavy atom. The van der Waals surface area contributed by atoms with Crippen molar-refractivity contribution in [2.45, 2.75) is 71.0 Å². The zero-order valence-electron chi connectivity index (χ0n) is 17.6. The average molecular weight is 393 g/mol. The Bertz CT molecular complexity index is 941. The molecule has 1 amide bonds. The molecule has 5 heteroatoms. The molecule has 0 N–H and O–H groups in total. The number of unbranched alkanes of at least 4 members (excludes halogenated alkanes) is 2. The highest BCUT2D eigenvalue weighted by atomic mass is 16.2. The number of hydrogen-bond donors (Lipinski definition) is 0. The van der Waals surface area contributed by atoms with Gasteiger partial charge in [-0.2, -0.15) is 0 Å². The van der Waals surface area contributed by atoms with Crippen LogP contribution in [-0.2, 0) is 11.3 Å². The predicted octanol–water partition coefficient (Wildman–Crippen LogP) is 5.34. The highest BCUT2D eigenvalue weighted by molar-refractivity contribution is 5.78. The Morgan fingerprint density at radius 2 is 1.90 bits per heavy atom. The maximum Gasteiger partial charge on any atom is 0.223 e. The van der Waals surface area contributed by atoms with Crippen LogP contribution in [-0.4, -0.2) is 31.5 Å². The fourth-order valence-corrected chi connectivity index (χ4v) is 4.58. The van der Waals surface area contributed by atoms with Crippen molar-refractivity contribution < 1.29 is 4.79 Å². The van der Waals surface area contributed by atoms with E-state index in [0.717, 1.165) is 56.5 Å². The first kappa shape index (κ1) is 19.7. The highest BCUT2D eigenvalue weighted by Gasteiger charge is 2.33. The Labute approximate surface area is 173 Å². The van der Waals surface area contributed by atoms with E-state index in [1.807, 2.05) is 6.07 Å². The minimum absolute atomic E-state index is 0.108. The molecule has 4 rings (SSSR count). The number of fused-ring (bicyclic) bond motifs is 1. The van der Waals surface area contributed by atoms with Gasteiger partial charge in [-0.3, -0.25) is 4.79 Å². The molecular formula is C24H32N4O. The molecule has 3 heterocycles. The molecule has 5 nitrogen and oxygen atoms in total. The third-order valence-electron chi connectivity index (χ3n) is 5.98. The molecule has 1 atom stereocenters. The SMILES string of the molecule is CC(C)n1c(C2CCCN2C(=O)CCCCCn2cccc2)nc2ccccc21. The number of aromatic nitrogens is 3. The maximum atomic E-state index is 13.0. The quantitative estimate of drug-likeness (QED) is 0.486. The summed E-state index contributed by atoms with van der Waals surface area (Å²) < 4.78 is 4.53. The van der Waals surface area contributed by atoms with E-state index in [0.29, 0.717) is 12.5 Å². The molecule has 0 saturated carbocycles. The number of nitrogens with zero attached hydrogens (tertiary/aromatic N) is 4. The van der Waals surface area contributed by atoms with Crippen molar-refractivity contribution in [2.75, 3.05) is 6.54 Å². The molecular weight excluding hydrogens is 360 g/mol. The first-order valence-corrected chi connectivity index (χ1v) is 11.0. The van der Waals surface area contributed by atoms with Crippen LogP contribution in [0.3, 0.4) is 0 Å². The van der Waals surface area contributed by atoms with E-state index in [1.165, 1.54) is 5.52 Å². The second kappa shape index (κ2) is 8.85.